The maximum Gasteiger partial charge on any atom is 0.328 e. The number of hydrogen-bond acceptors (Lipinski definition) is 4. The molecule has 0 saturated carbocycles. The summed E-state index contributed by atoms with van der Waals surface area (Å²) < 4.78 is 0. The van der Waals surface area contributed by atoms with Crippen molar-refractivity contribution in [2.45, 2.75) is 24.9 Å². The fraction of sp³-hybridized carbons (Fsp3) is 0.818. The molecule has 2 unspecified atom stereocenters. The standard InChI is InChI=1S/C11H21N3O4/c1-13-5-3-4-8(6-13)14(2)11(18)12-9(7-15)10(16)17/h8-9,15H,3-7H2,1-2H3,(H,12,18)(H,16,17). The van der Waals surface area contributed by atoms with E-state index >= 15 is 0 Å². The van der Waals surface area contributed by atoms with E-state index in [0.29, 0.717) is 0 Å². The molecule has 18 heavy (non-hydrogen) atoms. The molecule has 0 aromatic carbocycles. The van der Waals surface area contributed by atoms with Crippen LogP contribution in [0.25, 0.3) is 0 Å². The molecular formula is C11H21N3O4. The number of nitrogens with zero attached hydrogens (tertiary/aromatic N) is 2. The van der Waals surface area contributed by atoms with Gasteiger partial charge < -0.3 is 25.3 Å². The second-order valence-electron chi connectivity index (χ2n) is 4.69. The molecule has 2 amide bonds. The van der Waals surface area contributed by atoms with Crippen molar-refractivity contribution in [3.63, 3.8) is 0 Å². The average molecular weight is 259 g/mol. The fourth-order valence-corrected chi connectivity index (χ4v) is 2.06. The monoisotopic (exact) mass is 259 g/mol. The zero-order chi connectivity index (χ0) is 13.7. The van der Waals surface area contributed by atoms with E-state index < -0.39 is 24.6 Å². The van der Waals surface area contributed by atoms with E-state index in [1.165, 1.54) is 4.90 Å². The maximum atomic E-state index is 11.8. The summed E-state index contributed by atoms with van der Waals surface area (Å²) in [5.41, 5.74) is 0. The first-order valence-electron chi connectivity index (χ1n) is 6.01. The number of carbonyl (C=O) groups excluding carboxylic acids is 1. The number of amides is 2. The Morgan fingerprint density at radius 1 is 1.56 bits per heavy atom. The van der Waals surface area contributed by atoms with Gasteiger partial charge in [0, 0.05) is 19.6 Å². The van der Waals surface area contributed by atoms with Gasteiger partial charge in [0.1, 0.15) is 0 Å². The number of aliphatic carboxylic acids is 1. The van der Waals surface area contributed by atoms with Crippen LogP contribution in [0.1, 0.15) is 12.8 Å². The Kier molecular flexibility index (Phi) is 5.36. The van der Waals surface area contributed by atoms with Crippen LogP contribution in [0.15, 0.2) is 0 Å². The van der Waals surface area contributed by atoms with Crippen molar-refractivity contribution >= 4 is 12.0 Å². The summed E-state index contributed by atoms with van der Waals surface area (Å²) >= 11 is 0. The van der Waals surface area contributed by atoms with Crippen LogP contribution in [0.5, 0.6) is 0 Å². The van der Waals surface area contributed by atoms with E-state index in [9.17, 15) is 9.59 Å². The van der Waals surface area contributed by atoms with E-state index in [1.54, 1.807) is 7.05 Å². The molecule has 0 bridgehead atoms. The van der Waals surface area contributed by atoms with Gasteiger partial charge in [-0.15, -0.1) is 0 Å². The van der Waals surface area contributed by atoms with Crippen LogP contribution < -0.4 is 5.32 Å². The van der Waals surface area contributed by atoms with Gasteiger partial charge >= 0.3 is 12.0 Å². The summed E-state index contributed by atoms with van der Waals surface area (Å²) in [5, 5.41) is 19.9. The van der Waals surface area contributed by atoms with Crippen molar-refractivity contribution in [1.29, 1.82) is 0 Å². The highest BCUT2D eigenvalue weighted by atomic mass is 16.4. The molecular weight excluding hydrogens is 238 g/mol. The van der Waals surface area contributed by atoms with E-state index in [0.717, 1.165) is 25.9 Å². The van der Waals surface area contributed by atoms with Crippen molar-refractivity contribution in [3.8, 4) is 0 Å². The van der Waals surface area contributed by atoms with E-state index in [2.05, 4.69) is 10.2 Å². The van der Waals surface area contributed by atoms with Crippen molar-refractivity contribution < 1.29 is 19.8 Å². The first-order chi connectivity index (χ1) is 8.45. The normalized spacial score (nSPS) is 22.3. The van der Waals surface area contributed by atoms with Crippen molar-refractivity contribution in [3.05, 3.63) is 0 Å². The number of carboxylic acids is 1. The molecule has 0 radical (unpaired) electrons. The minimum Gasteiger partial charge on any atom is -0.480 e. The van der Waals surface area contributed by atoms with Gasteiger partial charge in [-0.2, -0.15) is 0 Å². The molecule has 1 heterocycles. The predicted octanol–water partition coefficient (Wildman–Crippen LogP) is -0.832. The lowest BCUT2D eigenvalue weighted by Crippen LogP contribution is -2.54. The van der Waals surface area contributed by atoms with E-state index in [1.807, 2.05) is 7.05 Å². The molecule has 0 aromatic heterocycles. The van der Waals surface area contributed by atoms with Crippen molar-refractivity contribution in [2.24, 2.45) is 0 Å². The Morgan fingerprint density at radius 2 is 2.22 bits per heavy atom. The number of carboxylic acid groups (broad SMARTS) is 1. The number of hydrogen-bond donors (Lipinski definition) is 3. The van der Waals surface area contributed by atoms with Gasteiger partial charge in [-0.1, -0.05) is 0 Å². The third kappa shape index (κ3) is 3.85. The number of carbonyl (C=O) groups is 2. The van der Waals surface area contributed by atoms with Gasteiger partial charge in [0.15, 0.2) is 6.04 Å². The first-order valence-corrected chi connectivity index (χ1v) is 6.01. The molecule has 7 heteroatoms. The number of urea groups is 1. The van der Waals surface area contributed by atoms with E-state index in [4.69, 9.17) is 10.2 Å². The third-order valence-electron chi connectivity index (χ3n) is 3.25. The third-order valence-corrected chi connectivity index (χ3v) is 3.25. The summed E-state index contributed by atoms with van der Waals surface area (Å²) in [6.45, 7) is 1.18. The molecule has 3 N–H and O–H groups in total. The van der Waals surface area contributed by atoms with Crippen LogP contribution >= 0.6 is 0 Å². The van der Waals surface area contributed by atoms with Crippen LogP contribution in [0, 0.1) is 0 Å². The number of aliphatic hydroxyl groups is 1. The topological polar surface area (TPSA) is 93.1 Å². The lowest BCUT2D eigenvalue weighted by Gasteiger charge is -2.36. The van der Waals surface area contributed by atoms with Crippen LogP contribution in [0.4, 0.5) is 4.79 Å². The number of likely N-dealkylation sites (N-methyl/N-ethyl adjacent to an activating group) is 2. The maximum absolute atomic E-state index is 11.8. The summed E-state index contributed by atoms with van der Waals surface area (Å²) in [6, 6.07) is -1.63. The van der Waals surface area contributed by atoms with Gasteiger partial charge in [0.25, 0.3) is 0 Å². The SMILES string of the molecule is CN1CCCC(N(C)C(=O)NC(CO)C(=O)O)C1. The van der Waals surface area contributed by atoms with Crippen LogP contribution in [-0.4, -0.2) is 77.9 Å². The molecule has 0 aliphatic carbocycles. The first kappa shape index (κ1) is 14.7. The molecule has 1 rings (SSSR count). The van der Waals surface area contributed by atoms with Gasteiger partial charge in [0.05, 0.1) is 6.61 Å². The largest absolute Gasteiger partial charge is 0.480 e. The average Bonchev–Trinajstić information content (AvgIpc) is 2.34. The minimum atomic E-state index is -1.25. The Morgan fingerprint density at radius 3 is 2.72 bits per heavy atom. The van der Waals surface area contributed by atoms with Crippen LogP contribution in [0.2, 0.25) is 0 Å². The van der Waals surface area contributed by atoms with Gasteiger partial charge in [-0.25, -0.2) is 9.59 Å². The molecule has 0 spiro atoms. The number of likely N-dealkylation sites (tertiary alicyclic amines) is 1. The van der Waals surface area contributed by atoms with E-state index in [-0.39, 0.29) is 6.04 Å². The Labute approximate surface area is 106 Å². The molecule has 0 aromatic rings. The van der Waals surface area contributed by atoms with Gasteiger partial charge in [-0.3, -0.25) is 0 Å². The molecule has 1 saturated heterocycles. The van der Waals surface area contributed by atoms with Crippen LogP contribution in [0.3, 0.4) is 0 Å². The second-order valence-corrected chi connectivity index (χ2v) is 4.69. The lowest BCUT2D eigenvalue weighted by molar-refractivity contribution is -0.140. The summed E-state index contributed by atoms with van der Waals surface area (Å²) in [5.74, 6) is -1.24. The van der Waals surface area contributed by atoms with Crippen LogP contribution in [-0.2, 0) is 4.79 Å². The Bertz CT molecular complexity index is 311. The molecule has 2 atom stereocenters. The summed E-state index contributed by atoms with van der Waals surface area (Å²) in [7, 11) is 3.64. The molecule has 1 fully saturated rings. The fourth-order valence-electron chi connectivity index (χ4n) is 2.06. The zero-order valence-corrected chi connectivity index (χ0v) is 10.8. The highest BCUT2D eigenvalue weighted by Gasteiger charge is 2.27. The lowest BCUT2D eigenvalue weighted by atomic mass is 10.1. The predicted molar refractivity (Wildman–Crippen MR) is 65.3 cm³/mol. The Hall–Kier alpha value is -1.34. The molecule has 104 valence electrons. The van der Waals surface area contributed by atoms with Gasteiger partial charge in [0.2, 0.25) is 0 Å². The molecule has 7 nitrogen and oxygen atoms in total. The highest BCUT2D eigenvalue weighted by molar-refractivity contribution is 5.82. The quantitative estimate of drug-likeness (QED) is 0.612. The number of nitrogens with one attached hydrogen (secondary N) is 1. The summed E-state index contributed by atoms with van der Waals surface area (Å²) in [6.07, 6.45) is 1.92. The molecule has 1 aliphatic rings. The summed E-state index contributed by atoms with van der Waals surface area (Å²) in [4.78, 5) is 26.2. The Balaban J connectivity index is 2.52. The smallest absolute Gasteiger partial charge is 0.328 e. The number of piperidine rings is 1. The number of aliphatic hydroxyl groups excluding tert-OH is 1. The van der Waals surface area contributed by atoms with Gasteiger partial charge in [-0.05, 0) is 26.4 Å². The van der Waals surface area contributed by atoms with Crippen molar-refractivity contribution in [1.82, 2.24) is 15.1 Å². The minimum absolute atomic E-state index is 0.0805. The molecule has 1 aliphatic heterocycles. The highest BCUT2D eigenvalue weighted by Crippen LogP contribution is 2.13. The van der Waals surface area contributed by atoms with Crippen molar-refractivity contribution in [2.75, 3.05) is 33.8 Å². The number of rotatable bonds is 4. The zero-order valence-electron chi connectivity index (χ0n) is 10.8. The second kappa shape index (κ2) is 6.55.